The Morgan fingerprint density at radius 2 is 2.29 bits per heavy atom. The van der Waals surface area contributed by atoms with Gasteiger partial charge in [0.2, 0.25) is 0 Å². The van der Waals surface area contributed by atoms with Gasteiger partial charge in [0.15, 0.2) is 11.5 Å². The van der Waals surface area contributed by atoms with E-state index in [1.165, 1.54) is 18.2 Å². The molecule has 2 rings (SSSR count). The summed E-state index contributed by atoms with van der Waals surface area (Å²) in [6.07, 6.45) is 1.70. The molecule has 1 fully saturated rings. The van der Waals surface area contributed by atoms with E-state index in [-0.39, 0.29) is 17.4 Å². The highest BCUT2D eigenvalue weighted by Crippen LogP contribution is 2.32. The van der Waals surface area contributed by atoms with E-state index in [0.717, 1.165) is 12.8 Å². The normalized spacial score (nSPS) is 20.4. The molecule has 1 aromatic rings. The number of hydrogen-bond donors (Lipinski definition) is 1. The van der Waals surface area contributed by atoms with Gasteiger partial charge in [-0.2, -0.15) is 0 Å². The predicted molar refractivity (Wildman–Crippen MR) is 62.5 cm³/mol. The third-order valence-electron chi connectivity index (χ3n) is 2.94. The molecular weight excluding hydrogens is 225 g/mol. The standard InChI is InChI=1S/C11H14FN3O2/c12-9-4-1-5-10(15(16)17)11(9)14-6-2-3-8(13)7-14/h1,4-5,8H,2-3,6-7,13H2. The van der Waals surface area contributed by atoms with Gasteiger partial charge in [0.1, 0.15) is 0 Å². The molecule has 0 saturated carbocycles. The van der Waals surface area contributed by atoms with Gasteiger partial charge >= 0.3 is 0 Å². The predicted octanol–water partition coefficient (Wildman–Crippen LogP) is 1.66. The fraction of sp³-hybridized carbons (Fsp3) is 0.455. The first-order valence-corrected chi connectivity index (χ1v) is 5.53. The smallest absolute Gasteiger partial charge is 0.295 e. The lowest BCUT2D eigenvalue weighted by Gasteiger charge is -2.32. The molecule has 0 aliphatic carbocycles. The lowest BCUT2D eigenvalue weighted by atomic mass is 10.1. The van der Waals surface area contributed by atoms with Crippen molar-refractivity contribution in [3.05, 3.63) is 34.1 Å². The van der Waals surface area contributed by atoms with Crippen molar-refractivity contribution < 1.29 is 9.31 Å². The monoisotopic (exact) mass is 239 g/mol. The molecule has 1 saturated heterocycles. The third kappa shape index (κ3) is 2.36. The van der Waals surface area contributed by atoms with Crippen LogP contribution in [0.5, 0.6) is 0 Å². The van der Waals surface area contributed by atoms with Crippen LogP contribution in [0, 0.1) is 15.9 Å². The minimum absolute atomic E-state index is 0.0528. The van der Waals surface area contributed by atoms with Crippen molar-refractivity contribution in [1.29, 1.82) is 0 Å². The molecule has 1 heterocycles. The highest BCUT2D eigenvalue weighted by Gasteiger charge is 2.26. The summed E-state index contributed by atoms with van der Waals surface area (Å²) in [6, 6.07) is 3.85. The maximum Gasteiger partial charge on any atom is 0.295 e. The van der Waals surface area contributed by atoms with Crippen molar-refractivity contribution in [3.63, 3.8) is 0 Å². The Kier molecular flexibility index (Phi) is 3.23. The van der Waals surface area contributed by atoms with Crippen molar-refractivity contribution in [1.82, 2.24) is 0 Å². The molecule has 1 unspecified atom stereocenters. The molecule has 1 aliphatic rings. The second-order valence-electron chi connectivity index (χ2n) is 4.21. The number of nitrogens with two attached hydrogens (primary N) is 1. The van der Waals surface area contributed by atoms with Crippen LogP contribution in [0.3, 0.4) is 0 Å². The number of piperidine rings is 1. The van der Waals surface area contributed by atoms with Crippen LogP contribution in [-0.2, 0) is 0 Å². The van der Waals surface area contributed by atoms with Gasteiger partial charge in [-0.05, 0) is 18.9 Å². The Morgan fingerprint density at radius 3 is 2.94 bits per heavy atom. The molecule has 0 bridgehead atoms. The average molecular weight is 239 g/mol. The van der Waals surface area contributed by atoms with Gasteiger partial charge in [0, 0.05) is 25.2 Å². The van der Waals surface area contributed by atoms with Gasteiger partial charge < -0.3 is 10.6 Å². The van der Waals surface area contributed by atoms with Crippen molar-refractivity contribution in [2.75, 3.05) is 18.0 Å². The van der Waals surface area contributed by atoms with Gasteiger partial charge in [0.05, 0.1) is 4.92 Å². The maximum absolute atomic E-state index is 13.7. The van der Waals surface area contributed by atoms with Crippen LogP contribution in [0.2, 0.25) is 0 Å². The molecule has 0 spiro atoms. The summed E-state index contributed by atoms with van der Waals surface area (Å²) in [6.45, 7) is 1.07. The highest BCUT2D eigenvalue weighted by molar-refractivity contribution is 5.64. The summed E-state index contributed by atoms with van der Waals surface area (Å²) in [5.74, 6) is -0.562. The molecule has 17 heavy (non-hydrogen) atoms. The van der Waals surface area contributed by atoms with E-state index >= 15 is 0 Å². The Bertz CT molecular complexity index is 439. The SMILES string of the molecule is NC1CCCN(c2c(F)cccc2[N+](=O)[O-])C1. The van der Waals surface area contributed by atoms with E-state index < -0.39 is 10.7 Å². The molecule has 0 aromatic heterocycles. The Morgan fingerprint density at radius 1 is 1.53 bits per heavy atom. The van der Waals surface area contributed by atoms with Crippen LogP contribution in [0.25, 0.3) is 0 Å². The van der Waals surface area contributed by atoms with Crippen molar-refractivity contribution in [2.24, 2.45) is 5.73 Å². The fourth-order valence-electron chi connectivity index (χ4n) is 2.18. The van der Waals surface area contributed by atoms with Gasteiger partial charge in [-0.1, -0.05) is 6.07 Å². The lowest BCUT2D eigenvalue weighted by molar-refractivity contribution is -0.384. The molecule has 1 atom stereocenters. The van der Waals surface area contributed by atoms with Gasteiger partial charge in [-0.25, -0.2) is 4.39 Å². The van der Waals surface area contributed by atoms with Crippen LogP contribution >= 0.6 is 0 Å². The van der Waals surface area contributed by atoms with Crippen LogP contribution in [0.4, 0.5) is 15.8 Å². The zero-order valence-corrected chi connectivity index (χ0v) is 9.30. The largest absolute Gasteiger partial charge is 0.362 e. The zero-order valence-electron chi connectivity index (χ0n) is 9.30. The Hall–Kier alpha value is -1.69. The minimum Gasteiger partial charge on any atom is -0.362 e. The Labute approximate surface area is 98.2 Å². The number of hydrogen-bond acceptors (Lipinski definition) is 4. The quantitative estimate of drug-likeness (QED) is 0.629. The molecule has 0 radical (unpaired) electrons. The van der Waals surface area contributed by atoms with E-state index in [1.54, 1.807) is 4.90 Å². The second kappa shape index (κ2) is 4.67. The molecule has 1 aliphatic heterocycles. The van der Waals surface area contributed by atoms with E-state index in [2.05, 4.69) is 0 Å². The summed E-state index contributed by atoms with van der Waals surface area (Å²) in [4.78, 5) is 12.0. The van der Waals surface area contributed by atoms with Crippen LogP contribution in [-0.4, -0.2) is 24.1 Å². The summed E-state index contributed by atoms with van der Waals surface area (Å²) in [5.41, 5.74) is 5.67. The van der Waals surface area contributed by atoms with E-state index in [4.69, 9.17) is 5.73 Å². The maximum atomic E-state index is 13.7. The summed E-state index contributed by atoms with van der Waals surface area (Å²) >= 11 is 0. The molecule has 1 aromatic carbocycles. The zero-order chi connectivity index (χ0) is 12.4. The highest BCUT2D eigenvalue weighted by atomic mass is 19.1. The Balaban J connectivity index is 2.39. The van der Waals surface area contributed by atoms with E-state index in [9.17, 15) is 14.5 Å². The van der Waals surface area contributed by atoms with Crippen LogP contribution in [0.1, 0.15) is 12.8 Å². The number of anilines is 1. The first kappa shape index (κ1) is 11.8. The summed E-state index contributed by atoms with van der Waals surface area (Å²) in [5, 5.41) is 10.9. The van der Waals surface area contributed by atoms with Crippen molar-refractivity contribution >= 4 is 11.4 Å². The first-order chi connectivity index (χ1) is 8.09. The number of benzene rings is 1. The molecule has 6 heteroatoms. The minimum atomic E-state index is -0.562. The molecule has 0 amide bonds. The number of rotatable bonds is 2. The summed E-state index contributed by atoms with van der Waals surface area (Å²) < 4.78 is 13.7. The van der Waals surface area contributed by atoms with Crippen molar-refractivity contribution in [3.8, 4) is 0 Å². The third-order valence-corrected chi connectivity index (χ3v) is 2.94. The topological polar surface area (TPSA) is 72.4 Å². The molecule has 2 N–H and O–H groups in total. The van der Waals surface area contributed by atoms with Gasteiger partial charge in [0.25, 0.3) is 5.69 Å². The number of halogens is 1. The molecule has 92 valence electrons. The van der Waals surface area contributed by atoms with Crippen LogP contribution < -0.4 is 10.6 Å². The number of nitrogens with zero attached hydrogens (tertiary/aromatic N) is 2. The number of para-hydroxylation sites is 1. The number of nitro groups is 1. The average Bonchev–Trinajstić information content (AvgIpc) is 2.28. The molecule has 5 nitrogen and oxygen atoms in total. The van der Waals surface area contributed by atoms with Crippen molar-refractivity contribution in [2.45, 2.75) is 18.9 Å². The van der Waals surface area contributed by atoms with E-state index in [1.807, 2.05) is 0 Å². The lowest BCUT2D eigenvalue weighted by Crippen LogP contribution is -2.43. The van der Waals surface area contributed by atoms with Gasteiger partial charge in [-0.3, -0.25) is 10.1 Å². The van der Waals surface area contributed by atoms with Crippen LogP contribution in [0.15, 0.2) is 18.2 Å². The van der Waals surface area contributed by atoms with E-state index in [0.29, 0.717) is 13.1 Å². The second-order valence-corrected chi connectivity index (χ2v) is 4.21. The summed E-state index contributed by atoms with van der Waals surface area (Å²) in [7, 11) is 0. The first-order valence-electron chi connectivity index (χ1n) is 5.53. The van der Waals surface area contributed by atoms with Gasteiger partial charge in [-0.15, -0.1) is 0 Å². The number of nitro benzene ring substituents is 1. The molecular formula is C11H14FN3O2. The fourth-order valence-corrected chi connectivity index (χ4v) is 2.18.